The zero-order valence-electron chi connectivity index (χ0n) is 81.0. The number of aromatic nitrogens is 3. The molecule has 6 aromatic heterocycles. The largest absolute Gasteiger partial charge is 0.455 e. The Morgan fingerprint density at radius 2 is 0.533 bits per heavy atom. The van der Waals surface area contributed by atoms with E-state index in [0.717, 1.165) is 289 Å². The molecule has 0 fully saturated rings. The van der Waals surface area contributed by atoms with Crippen molar-refractivity contribution in [2.24, 2.45) is 0 Å². The van der Waals surface area contributed by atoms with E-state index >= 15 is 0 Å². The third-order valence-electron chi connectivity index (χ3n) is 31.8. The van der Waals surface area contributed by atoms with Gasteiger partial charge in [0.2, 0.25) is 0 Å². The van der Waals surface area contributed by atoms with E-state index in [2.05, 4.69) is 539 Å². The first-order valence-corrected chi connectivity index (χ1v) is 51.5. The van der Waals surface area contributed by atoms with Gasteiger partial charge in [-0.05, 0) is 282 Å². The maximum absolute atomic E-state index is 7.54. The van der Waals surface area contributed by atoms with E-state index in [1.165, 1.54) is 26.9 Å². The van der Waals surface area contributed by atoms with Crippen LogP contribution in [0.5, 0.6) is 0 Å². The smallest absolute Gasteiger partial charge is 0.159 e. The first kappa shape index (κ1) is 83.4. The number of benzene rings is 24. The second-order valence-corrected chi connectivity index (χ2v) is 40.0. The molecule has 8 heteroatoms. The highest BCUT2D eigenvalue weighted by atomic mass is 16.3. The van der Waals surface area contributed by atoms with Crippen LogP contribution in [-0.2, 0) is 0 Å². The summed E-state index contributed by atoms with van der Waals surface area (Å²) < 4.78 is 29.2. The normalized spacial score (nSPS) is 12.1. The summed E-state index contributed by atoms with van der Waals surface area (Å²) in [6.07, 6.45) is 0. The van der Waals surface area contributed by atoms with Crippen LogP contribution < -0.4 is 9.80 Å². The maximum atomic E-state index is 7.54. The zero-order chi connectivity index (χ0) is 98.0. The number of hydrogen-bond acceptors (Lipinski definition) is 5. The van der Waals surface area contributed by atoms with Gasteiger partial charge in [0.15, 0.2) is 5.58 Å². The topological polar surface area (TPSA) is 60.7 Å². The highest BCUT2D eigenvalue weighted by molar-refractivity contribution is 6.25. The predicted octanol–water partition coefficient (Wildman–Crippen LogP) is 39.7. The number of para-hydroxylation sites is 9. The summed E-state index contributed by atoms with van der Waals surface area (Å²) >= 11 is 0. The molecule has 0 unspecified atom stereocenters. The molecular formula is C142H85N5O3. The molecule has 0 atom stereocenters. The molecule has 0 aliphatic carbocycles. The predicted molar refractivity (Wildman–Crippen MR) is 625 cm³/mol. The number of hydrogen-bond donors (Lipinski definition) is 0. The molecule has 8 heterocycles. The average Bonchev–Trinajstić information content (AvgIpc) is 1.54. The first-order valence-electron chi connectivity index (χ1n) is 51.5. The van der Waals surface area contributed by atoms with Crippen LogP contribution in [0.4, 0.5) is 34.1 Å². The molecule has 0 radical (unpaired) electrons. The lowest BCUT2D eigenvalue weighted by Gasteiger charge is -2.27. The molecule has 0 saturated carbocycles. The summed E-state index contributed by atoms with van der Waals surface area (Å²) in [5.41, 5.74) is 45.1. The van der Waals surface area contributed by atoms with Gasteiger partial charge in [-0.3, -0.25) is 0 Å². The van der Waals surface area contributed by atoms with Crippen molar-refractivity contribution in [1.82, 2.24) is 13.7 Å². The molecule has 32 rings (SSSR count). The Morgan fingerprint density at radius 1 is 0.160 bits per heavy atom. The fourth-order valence-electron chi connectivity index (χ4n) is 25.1. The molecule has 696 valence electrons. The number of fused-ring (bicyclic) bond motifs is 31. The summed E-state index contributed by atoms with van der Waals surface area (Å²) in [7, 11) is 0. The summed E-state index contributed by atoms with van der Waals surface area (Å²) in [5.74, 6) is 0. The van der Waals surface area contributed by atoms with Crippen LogP contribution in [0.25, 0.3) is 281 Å². The number of furan rings is 3. The van der Waals surface area contributed by atoms with Gasteiger partial charge in [0.25, 0.3) is 0 Å². The molecule has 0 N–H and O–H groups in total. The van der Waals surface area contributed by atoms with E-state index in [4.69, 9.17) is 13.3 Å². The maximum Gasteiger partial charge on any atom is 0.159 e. The van der Waals surface area contributed by atoms with Gasteiger partial charge in [-0.2, -0.15) is 0 Å². The second kappa shape index (κ2) is 32.7. The van der Waals surface area contributed by atoms with E-state index in [1.807, 2.05) is 0 Å². The Bertz CT molecular complexity index is 10900. The van der Waals surface area contributed by atoms with Crippen LogP contribution in [0.1, 0.15) is 0 Å². The molecule has 150 heavy (non-hydrogen) atoms. The highest BCUT2D eigenvalue weighted by Crippen LogP contribution is 2.57. The third kappa shape index (κ3) is 12.8. The zero-order valence-corrected chi connectivity index (χ0v) is 81.0. The number of nitrogens with zero attached hydrogens (tertiary/aromatic N) is 5. The van der Waals surface area contributed by atoms with Gasteiger partial charge < -0.3 is 36.8 Å². The Morgan fingerprint density at radius 3 is 1.13 bits per heavy atom. The number of rotatable bonds is 14. The number of anilines is 6. The van der Waals surface area contributed by atoms with Crippen molar-refractivity contribution >= 4 is 176 Å². The van der Waals surface area contributed by atoms with Gasteiger partial charge in [0.05, 0.1) is 50.2 Å². The average molecular weight is 1910 g/mol. The van der Waals surface area contributed by atoms with Crippen LogP contribution in [-0.4, -0.2) is 13.7 Å². The quantitative estimate of drug-likeness (QED) is 0.109. The highest BCUT2D eigenvalue weighted by Gasteiger charge is 2.34. The minimum absolute atomic E-state index is 0.763. The molecule has 0 bridgehead atoms. The Kier molecular flexibility index (Phi) is 18.2. The van der Waals surface area contributed by atoms with E-state index in [9.17, 15) is 0 Å². The fraction of sp³-hybridized carbons (Fsp3) is 0. The van der Waals surface area contributed by atoms with Crippen molar-refractivity contribution in [1.29, 1.82) is 0 Å². The summed E-state index contributed by atoms with van der Waals surface area (Å²) in [5, 5.41) is 15.8. The van der Waals surface area contributed by atoms with Crippen molar-refractivity contribution in [3.63, 3.8) is 0 Å². The lowest BCUT2D eigenvalue weighted by Crippen LogP contribution is -2.10. The summed E-state index contributed by atoms with van der Waals surface area (Å²) in [6, 6.07) is 190. The van der Waals surface area contributed by atoms with Crippen molar-refractivity contribution in [2.75, 3.05) is 9.80 Å². The molecule has 24 aromatic carbocycles. The van der Waals surface area contributed by atoms with E-state index in [0.29, 0.717) is 0 Å². The Balaban J connectivity index is 0.579. The van der Waals surface area contributed by atoms with Crippen LogP contribution in [0.2, 0.25) is 0 Å². The minimum Gasteiger partial charge on any atom is -0.455 e. The molecule has 0 saturated heterocycles. The summed E-state index contributed by atoms with van der Waals surface area (Å²) in [4.78, 5) is 4.90. The first-order chi connectivity index (χ1) is 74.4. The summed E-state index contributed by atoms with van der Waals surface area (Å²) in [6.45, 7) is 0. The third-order valence-corrected chi connectivity index (χ3v) is 31.8. The van der Waals surface area contributed by atoms with Gasteiger partial charge in [-0.1, -0.05) is 334 Å². The SMILES string of the molecule is c1ccc(-c2ccc(N(c3cc(-c4cccc(-c5ccc6oc7c(N(c8ccc(-c9ccccc9)cc8)c8cc(-c9ccc%10c(c9)-c9ccc%11c(oc%12ccccc%12%11)c9-c9cccc%11c%12ccccc%12n-%10c9%11)cc(-c9cccc%10ccccc9%10)c8)cccc7c6c5)c4)cc(-c4ccc5c(c4)-c4ccc6c(oc7ccccc76)c4-c4cccc6c7ccccc7n-5c46)c3)c3ccc4c(c3)c3ccccc3n4-c3ccccc3)cc2)cc1. The Labute approximate surface area is 861 Å². The van der Waals surface area contributed by atoms with Crippen LogP contribution >= 0.6 is 0 Å². The van der Waals surface area contributed by atoms with Gasteiger partial charge in [-0.15, -0.1) is 0 Å². The Hall–Kier alpha value is -20.1. The van der Waals surface area contributed by atoms with Crippen LogP contribution in [0.15, 0.2) is 529 Å². The van der Waals surface area contributed by atoms with Crippen molar-refractivity contribution in [3.05, 3.63) is 516 Å². The van der Waals surface area contributed by atoms with Crippen molar-refractivity contribution in [3.8, 4) is 139 Å². The van der Waals surface area contributed by atoms with E-state index in [-0.39, 0.29) is 0 Å². The second-order valence-electron chi connectivity index (χ2n) is 40.0. The van der Waals surface area contributed by atoms with Crippen molar-refractivity contribution in [2.45, 2.75) is 0 Å². The fourth-order valence-corrected chi connectivity index (χ4v) is 25.1. The lowest BCUT2D eigenvalue weighted by molar-refractivity contribution is 0.669. The van der Waals surface area contributed by atoms with Gasteiger partial charge in [0.1, 0.15) is 27.9 Å². The molecular weight excluding hydrogens is 1820 g/mol. The molecule has 2 aliphatic heterocycles. The monoisotopic (exact) mass is 1910 g/mol. The van der Waals surface area contributed by atoms with Crippen LogP contribution in [0.3, 0.4) is 0 Å². The molecule has 30 aromatic rings. The van der Waals surface area contributed by atoms with E-state index < -0.39 is 0 Å². The molecule has 8 nitrogen and oxygen atoms in total. The lowest BCUT2D eigenvalue weighted by atomic mass is 9.89. The van der Waals surface area contributed by atoms with Crippen molar-refractivity contribution < 1.29 is 13.3 Å². The molecule has 0 spiro atoms. The van der Waals surface area contributed by atoms with Gasteiger partial charge in [0, 0.05) is 132 Å². The van der Waals surface area contributed by atoms with Gasteiger partial charge >= 0.3 is 0 Å². The standard InChI is InChI=1S/C142H85N5O3/c1-4-27-86(28-5-1)88-55-62-101(63-56-88)143(103-66-73-129-124(85-103)110-40-14-17-49-126(110)145(129)100-35-8-3-9-36-100)104-78-96(76-97(79-104)94-59-71-130-122(82-94)113-67-69-118-111-41-15-20-53-133(111)149-141(118)136(113)120-47-24-44-115-108-38-12-18-50-127(108)146(130)138(115)120)92-34-22-33-91(75-92)93-61-74-135-125(84-93)117-46-26-52-132(140(117)148-135)144(102-64-57-89(58-65-102)87-29-6-2-7-30-87)105-80-98(77-99(81-105)107-43-23-32-90-31-10-11-37-106(90)107)95-60-72-131-123(83-95)114-68-70-119-112-42-16-21-54-134(112)150-142(119)137(114)121-48-25-45-116-109-39-13-19-51-128(109)147(131)139(116)121/h1-85H. The molecule has 2 aliphatic rings. The van der Waals surface area contributed by atoms with E-state index in [1.54, 1.807) is 0 Å². The molecule has 0 amide bonds. The van der Waals surface area contributed by atoms with Crippen LogP contribution in [0, 0.1) is 0 Å². The minimum atomic E-state index is 0.763. The van der Waals surface area contributed by atoms with Gasteiger partial charge in [-0.25, -0.2) is 0 Å².